The van der Waals surface area contributed by atoms with Crippen molar-refractivity contribution in [2.75, 3.05) is 24.1 Å². The maximum absolute atomic E-state index is 14.0. The van der Waals surface area contributed by atoms with E-state index in [1.807, 2.05) is 52.0 Å². The first-order chi connectivity index (χ1) is 19.7. The lowest BCUT2D eigenvalue weighted by Crippen LogP contribution is -2.54. The minimum absolute atomic E-state index is 0.0700. The van der Waals surface area contributed by atoms with Gasteiger partial charge in [0.15, 0.2) is 11.5 Å². The van der Waals surface area contributed by atoms with E-state index in [1.165, 1.54) is 35.2 Å². The molecule has 1 aliphatic rings. The van der Waals surface area contributed by atoms with Crippen molar-refractivity contribution >= 4 is 27.5 Å². The van der Waals surface area contributed by atoms with E-state index >= 15 is 0 Å². The summed E-state index contributed by atoms with van der Waals surface area (Å²) in [6.45, 7) is 9.06. The largest absolute Gasteiger partial charge is 0.486 e. The van der Waals surface area contributed by atoms with Crippen molar-refractivity contribution in [1.29, 1.82) is 0 Å². The summed E-state index contributed by atoms with van der Waals surface area (Å²) >= 11 is 0. The molecule has 1 aliphatic heterocycles. The number of nitrogens with one attached hydrogen (secondary N) is 1. The quantitative estimate of drug-likeness (QED) is 0.391. The van der Waals surface area contributed by atoms with Crippen molar-refractivity contribution in [2.24, 2.45) is 0 Å². The molecule has 0 bridgehead atoms. The van der Waals surface area contributed by atoms with Crippen LogP contribution in [0.5, 0.6) is 11.5 Å². The third-order valence-electron chi connectivity index (χ3n) is 6.60. The maximum atomic E-state index is 14.0. The van der Waals surface area contributed by atoms with Crippen molar-refractivity contribution in [2.45, 2.75) is 57.6 Å². The van der Waals surface area contributed by atoms with E-state index in [4.69, 9.17) is 9.47 Å². The second-order valence-electron chi connectivity index (χ2n) is 11.2. The molecule has 0 unspecified atom stereocenters. The van der Waals surface area contributed by atoms with Gasteiger partial charge >= 0.3 is 0 Å². The highest BCUT2D eigenvalue weighted by molar-refractivity contribution is 7.92. The number of hydrogen-bond acceptors (Lipinski definition) is 6. The standard InChI is InChI=1S/C31H36FN3O6S/c1-21-7-6-8-23(17-21)19-34(22(2)30(37)33-31(3,4)5)29(36)20-35(25-11-9-24(32)10-12-25)42(38,39)26-13-14-27-28(18-26)41-16-15-40-27/h6-14,17-18,22H,15-16,19-20H2,1-5H3,(H,33,37)/t22-/m0/s1. The lowest BCUT2D eigenvalue weighted by Gasteiger charge is -2.33. The second-order valence-corrected chi connectivity index (χ2v) is 13.1. The molecule has 42 heavy (non-hydrogen) atoms. The first kappa shape index (κ1) is 30.8. The van der Waals surface area contributed by atoms with Crippen molar-refractivity contribution in [3.63, 3.8) is 0 Å². The molecule has 0 saturated carbocycles. The molecule has 0 radical (unpaired) electrons. The van der Waals surface area contributed by atoms with Crippen LogP contribution in [-0.2, 0) is 26.2 Å². The average Bonchev–Trinajstić information content (AvgIpc) is 2.93. The van der Waals surface area contributed by atoms with E-state index in [0.29, 0.717) is 12.4 Å². The number of carbonyl (C=O) groups excluding carboxylic acids is 2. The number of anilines is 1. The normalized spacial score (nSPS) is 13.7. The van der Waals surface area contributed by atoms with E-state index in [0.717, 1.165) is 27.6 Å². The van der Waals surface area contributed by atoms with Gasteiger partial charge in [0, 0.05) is 18.2 Å². The Kier molecular flexibility index (Phi) is 9.10. The Hall–Kier alpha value is -4.12. The van der Waals surface area contributed by atoms with Gasteiger partial charge in [0.2, 0.25) is 11.8 Å². The van der Waals surface area contributed by atoms with Crippen LogP contribution in [0.25, 0.3) is 0 Å². The van der Waals surface area contributed by atoms with Gasteiger partial charge in [-0.2, -0.15) is 0 Å². The van der Waals surface area contributed by atoms with Crippen LogP contribution in [0.15, 0.2) is 71.6 Å². The van der Waals surface area contributed by atoms with Gasteiger partial charge in [0.25, 0.3) is 10.0 Å². The van der Waals surface area contributed by atoms with Crippen LogP contribution < -0.4 is 19.1 Å². The third-order valence-corrected chi connectivity index (χ3v) is 8.37. The zero-order valence-corrected chi connectivity index (χ0v) is 25.2. The molecule has 11 heteroatoms. The number of sulfonamides is 1. The SMILES string of the molecule is Cc1cccc(CN(C(=O)CN(c2ccc(F)cc2)S(=O)(=O)c2ccc3c(c2)OCCO3)[C@@H](C)C(=O)NC(C)(C)C)c1. The Morgan fingerprint density at radius 3 is 2.29 bits per heavy atom. The molecule has 1 atom stereocenters. The van der Waals surface area contributed by atoms with Gasteiger partial charge in [0.05, 0.1) is 10.6 Å². The van der Waals surface area contributed by atoms with Crippen molar-refractivity contribution in [3.8, 4) is 11.5 Å². The minimum Gasteiger partial charge on any atom is -0.486 e. The van der Waals surface area contributed by atoms with Crippen molar-refractivity contribution < 1.29 is 31.9 Å². The fourth-order valence-electron chi connectivity index (χ4n) is 4.51. The van der Waals surface area contributed by atoms with Crippen LogP contribution in [0.1, 0.15) is 38.8 Å². The molecule has 2 amide bonds. The fourth-order valence-corrected chi connectivity index (χ4v) is 5.94. The summed E-state index contributed by atoms with van der Waals surface area (Å²) in [5.74, 6) is -0.880. The number of benzene rings is 3. The number of amides is 2. The molecule has 4 rings (SSSR count). The third kappa shape index (κ3) is 7.39. The number of carbonyl (C=O) groups is 2. The molecule has 224 valence electrons. The molecular weight excluding hydrogens is 561 g/mol. The average molecular weight is 598 g/mol. The summed E-state index contributed by atoms with van der Waals surface area (Å²) in [7, 11) is -4.36. The van der Waals surface area contributed by atoms with Gasteiger partial charge in [-0.3, -0.25) is 13.9 Å². The van der Waals surface area contributed by atoms with Crippen LogP contribution in [0.4, 0.5) is 10.1 Å². The predicted octanol–water partition coefficient (Wildman–Crippen LogP) is 4.43. The summed E-state index contributed by atoms with van der Waals surface area (Å²) in [4.78, 5) is 28.5. The Bertz CT molecular complexity index is 1550. The molecule has 0 spiro atoms. The summed E-state index contributed by atoms with van der Waals surface area (Å²) < 4.78 is 53.9. The Morgan fingerprint density at radius 2 is 1.64 bits per heavy atom. The number of hydrogen-bond donors (Lipinski definition) is 1. The summed E-state index contributed by atoms with van der Waals surface area (Å²) in [6.07, 6.45) is 0. The number of ether oxygens (including phenoxy) is 2. The molecule has 0 aliphatic carbocycles. The Balaban J connectivity index is 1.73. The van der Waals surface area contributed by atoms with Gasteiger partial charge in [0.1, 0.15) is 31.6 Å². The van der Waals surface area contributed by atoms with Crippen molar-refractivity contribution in [1.82, 2.24) is 10.2 Å². The van der Waals surface area contributed by atoms with Crippen LogP contribution in [-0.4, -0.2) is 56.5 Å². The van der Waals surface area contributed by atoms with Crippen LogP contribution >= 0.6 is 0 Å². The molecule has 1 heterocycles. The monoisotopic (exact) mass is 597 g/mol. The second kappa shape index (κ2) is 12.4. The molecule has 3 aromatic rings. The van der Waals surface area contributed by atoms with Crippen molar-refractivity contribution in [3.05, 3.63) is 83.7 Å². The predicted molar refractivity (Wildman–Crippen MR) is 157 cm³/mol. The summed E-state index contributed by atoms with van der Waals surface area (Å²) in [6, 6.07) is 15.6. The van der Waals surface area contributed by atoms with E-state index < -0.39 is 39.9 Å². The van der Waals surface area contributed by atoms with Crippen LogP contribution in [0, 0.1) is 12.7 Å². The molecule has 3 aromatic carbocycles. The van der Waals surface area contributed by atoms with E-state index in [-0.39, 0.29) is 35.4 Å². The fraction of sp³-hybridized carbons (Fsp3) is 0.355. The topological polar surface area (TPSA) is 105 Å². The van der Waals surface area contributed by atoms with Gasteiger partial charge in [-0.1, -0.05) is 29.8 Å². The molecule has 9 nitrogen and oxygen atoms in total. The molecule has 0 saturated heterocycles. The van der Waals surface area contributed by atoms with E-state index in [2.05, 4.69) is 5.32 Å². The zero-order valence-electron chi connectivity index (χ0n) is 24.4. The lowest BCUT2D eigenvalue weighted by atomic mass is 10.1. The number of fused-ring (bicyclic) bond motifs is 1. The van der Waals surface area contributed by atoms with Crippen LogP contribution in [0.2, 0.25) is 0 Å². The molecular formula is C31H36FN3O6S. The Labute approximate surface area is 246 Å². The first-order valence-electron chi connectivity index (χ1n) is 13.6. The highest BCUT2D eigenvalue weighted by atomic mass is 32.2. The zero-order chi connectivity index (χ0) is 30.7. The number of halogens is 1. The van der Waals surface area contributed by atoms with E-state index in [9.17, 15) is 22.4 Å². The van der Waals surface area contributed by atoms with Gasteiger partial charge in [-0.25, -0.2) is 12.8 Å². The smallest absolute Gasteiger partial charge is 0.264 e. The van der Waals surface area contributed by atoms with Crippen LogP contribution in [0.3, 0.4) is 0 Å². The molecule has 1 N–H and O–H groups in total. The number of nitrogens with zero attached hydrogens (tertiary/aromatic N) is 2. The number of aryl methyl sites for hydroxylation is 1. The van der Waals surface area contributed by atoms with Gasteiger partial charge in [-0.05, 0) is 76.6 Å². The highest BCUT2D eigenvalue weighted by Gasteiger charge is 2.34. The minimum atomic E-state index is -4.36. The lowest BCUT2D eigenvalue weighted by molar-refractivity contribution is -0.140. The maximum Gasteiger partial charge on any atom is 0.264 e. The summed E-state index contributed by atoms with van der Waals surface area (Å²) in [5, 5.41) is 2.90. The first-order valence-corrected chi connectivity index (χ1v) is 15.0. The van der Waals surface area contributed by atoms with Gasteiger partial charge in [-0.15, -0.1) is 0 Å². The Morgan fingerprint density at radius 1 is 0.976 bits per heavy atom. The molecule has 0 aromatic heterocycles. The van der Waals surface area contributed by atoms with Gasteiger partial charge < -0.3 is 19.7 Å². The summed E-state index contributed by atoms with van der Waals surface area (Å²) in [5.41, 5.74) is 1.29. The highest BCUT2D eigenvalue weighted by Crippen LogP contribution is 2.34. The number of rotatable bonds is 9. The van der Waals surface area contributed by atoms with E-state index in [1.54, 1.807) is 6.92 Å². The molecule has 0 fully saturated rings.